The van der Waals surface area contributed by atoms with E-state index in [1.165, 1.54) is 0 Å². The van der Waals surface area contributed by atoms with Crippen LogP contribution in [0.1, 0.15) is 11.4 Å². The zero-order valence-corrected chi connectivity index (χ0v) is 39.6. The van der Waals surface area contributed by atoms with Gasteiger partial charge in [-0.1, -0.05) is 133 Å². The molecule has 5 heteroatoms. The Bertz CT molecular complexity index is 3490. The van der Waals surface area contributed by atoms with Gasteiger partial charge in [0.05, 0.1) is 22.4 Å². The van der Waals surface area contributed by atoms with Crippen molar-refractivity contribution in [3.63, 3.8) is 0 Å². The molecule has 0 spiro atoms. The van der Waals surface area contributed by atoms with Gasteiger partial charge in [-0.05, 0) is 163 Å². The van der Waals surface area contributed by atoms with E-state index < -0.39 is 0 Å². The lowest BCUT2D eigenvalue weighted by atomic mass is 9.96. The van der Waals surface area contributed by atoms with E-state index in [1.807, 2.05) is 26.0 Å². The van der Waals surface area contributed by atoms with Crippen LogP contribution in [0.4, 0.5) is 34.1 Å². The molecular formula is C66H49N5. The zero-order valence-electron chi connectivity index (χ0n) is 39.6. The lowest BCUT2D eigenvalue weighted by Crippen LogP contribution is -2.09. The molecule has 5 nitrogen and oxygen atoms in total. The molecule has 9 aromatic carbocycles. The second-order valence-corrected chi connectivity index (χ2v) is 18.0. The topological polar surface area (TPSA) is 37.2 Å². The van der Waals surface area contributed by atoms with E-state index in [0.29, 0.717) is 0 Å². The molecule has 0 radical (unpaired) electrons. The number of anilines is 6. The largest absolute Gasteiger partial charge is 0.310 e. The van der Waals surface area contributed by atoms with Crippen LogP contribution in [0.5, 0.6) is 0 Å². The zero-order chi connectivity index (χ0) is 47.7. The molecule has 71 heavy (non-hydrogen) atoms. The number of aromatic nitrogens is 3. The fourth-order valence-corrected chi connectivity index (χ4v) is 9.91. The van der Waals surface area contributed by atoms with E-state index in [1.54, 1.807) is 0 Å². The third-order valence-corrected chi connectivity index (χ3v) is 13.3. The third-order valence-electron chi connectivity index (χ3n) is 13.3. The van der Waals surface area contributed by atoms with Gasteiger partial charge in [-0.25, -0.2) is 0 Å². The van der Waals surface area contributed by atoms with E-state index in [9.17, 15) is 0 Å². The van der Waals surface area contributed by atoms with Crippen molar-refractivity contribution >= 4 is 55.9 Å². The Morgan fingerprint density at radius 1 is 0.282 bits per heavy atom. The number of hydrogen-bond donors (Lipinski definition) is 0. The summed E-state index contributed by atoms with van der Waals surface area (Å²) < 4.78 is 2.45. The predicted octanol–water partition coefficient (Wildman–Crippen LogP) is 17.8. The maximum Gasteiger partial charge on any atom is 0.0705 e. The number of pyridine rings is 2. The highest BCUT2D eigenvalue weighted by molar-refractivity contribution is 6.12. The SMILES string of the molecule is Cc1cccc(-c2ccc(-c3cc(-c4ccc(-c5cccc(C)n5)cc4)cc(-n4c5ccc(N(c6ccccc6)c6ccccc6)cc5c5cc(N(c6ccccc6)c6ccccc6)ccc54)c3)cc2)n1. The van der Waals surface area contributed by atoms with Gasteiger partial charge in [0, 0.05) is 73.1 Å². The first-order valence-corrected chi connectivity index (χ1v) is 24.1. The molecule has 0 amide bonds. The van der Waals surface area contributed by atoms with Crippen LogP contribution in [0.25, 0.3) is 72.3 Å². The van der Waals surface area contributed by atoms with E-state index in [4.69, 9.17) is 9.97 Å². The lowest BCUT2D eigenvalue weighted by Gasteiger charge is -2.26. The van der Waals surface area contributed by atoms with Gasteiger partial charge < -0.3 is 14.4 Å². The van der Waals surface area contributed by atoms with Gasteiger partial charge in [-0.2, -0.15) is 0 Å². The standard InChI is InChI=1S/C66H49N5/c1-46-17-15-27-63(67-46)50-33-29-48(30-34-50)52-41-53(49-31-35-51(36-32-49)64-28-16-18-47(2)68-64)43-60(42-52)71-65-39-37-58(69(54-19-7-3-8-20-54)55-21-9-4-10-22-55)44-61(65)62-45-59(38-40-66(62)71)70(56-23-11-5-12-24-56)57-25-13-6-14-26-57/h3-45H,1-2H3. The van der Waals surface area contributed by atoms with Crippen molar-refractivity contribution in [1.82, 2.24) is 14.5 Å². The summed E-state index contributed by atoms with van der Waals surface area (Å²) in [7, 11) is 0. The summed E-state index contributed by atoms with van der Waals surface area (Å²) in [6, 6.07) is 93.5. The Morgan fingerprint density at radius 2 is 0.634 bits per heavy atom. The maximum absolute atomic E-state index is 4.83. The Labute approximate surface area is 414 Å². The highest BCUT2D eigenvalue weighted by atomic mass is 15.1. The second kappa shape index (κ2) is 18.6. The summed E-state index contributed by atoms with van der Waals surface area (Å²) in [5.41, 5.74) is 20.4. The van der Waals surface area contributed by atoms with Gasteiger partial charge in [0.1, 0.15) is 0 Å². The summed E-state index contributed by atoms with van der Waals surface area (Å²) >= 11 is 0. The first kappa shape index (κ1) is 43.0. The Hall–Kier alpha value is -9.32. The van der Waals surface area contributed by atoms with Crippen LogP contribution in [0, 0.1) is 13.8 Å². The summed E-state index contributed by atoms with van der Waals surface area (Å²) in [6.07, 6.45) is 0. The smallest absolute Gasteiger partial charge is 0.0705 e. The first-order valence-electron chi connectivity index (χ1n) is 24.1. The molecule has 0 N–H and O–H groups in total. The maximum atomic E-state index is 4.83. The normalized spacial score (nSPS) is 11.2. The van der Waals surface area contributed by atoms with Crippen molar-refractivity contribution in [1.29, 1.82) is 0 Å². The molecule has 0 bridgehead atoms. The highest BCUT2D eigenvalue weighted by Gasteiger charge is 2.21. The molecule has 3 heterocycles. The average molecular weight is 912 g/mol. The molecule has 0 saturated carbocycles. The molecule has 0 aliphatic heterocycles. The number of fused-ring (bicyclic) bond motifs is 3. The summed E-state index contributed by atoms with van der Waals surface area (Å²) in [5, 5.41) is 2.29. The van der Waals surface area contributed by atoms with Crippen LogP contribution < -0.4 is 9.80 Å². The average Bonchev–Trinajstić information content (AvgIpc) is 3.75. The molecule has 12 aromatic rings. The summed E-state index contributed by atoms with van der Waals surface area (Å²) in [5.74, 6) is 0. The van der Waals surface area contributed by atoms with Crippen LogP contribution >= 0.6 is 0 Å². The van der Waals surface area contributed by atoms with Crippen molar-refractivity contribution in [2.24, 2.45) is 0 Å². The number of aryl methyl sites for hydroxylation is 2. The minimum absolute atomic E-state index is 0.967. The molecule has 0 aliphatic rings. The molecular weight excluding hydrogens is 863 g/mol. The number of rotatable bonds is 11. The molecule has 0 fully saturated rings. The Balaban J connectivity index is 1.09. The van der Waals surface area contributed by atoms with Gasteiger partial charge in [-0.3, -0.25) is 9.97 Å². The Kier molecular flexibility index (Phi) is 11.3. The fraction of sp³-hybridized carbons (Fsp3) is 0.0303. The van der Waals surface area contributed by atoms with E-state index in [0.717, 1.165) is 118 Å². The van der Waals surface area contributed by atoms with Crippen molar-refractivity contribution in [3.05, 3.63) is 272 Å². The molecule has 338 valence electrons. The molecule has 0 atom stereocenters. The van der Waals surface area contributed by atoms with Crippen LogP contribution in [-0.2, 0) is 0 Å². The van der Waals surface area contributed by atoms with Crippen molar-refractivity contribution in [3.8, 4) is 50.5 Å². The molecule has 0 unspecified atom stereocenters. The van der Waals surface area contributed by atoms with Gasteiger partial charge in [0.15, 0.2) is 0 Å². The van der Waals surface area contributed by atoms with E-state index >= 15 is 0 Å². The van der Waals surface area contributed by atoms with Gasteiger partial charge >= 0.3 is 0 Å². The summed E-state index contributed by atoms with van der Waals surface area (Å²) in [4.78, 5) is 14.3. The highest BCUT2D eigenvalue weighted by Crippen LogP contribution is 2.44. The summed E-state index contributed by atoms with van der Waals surface area (Å²) in [6.45, 7) is 4.08. The second-order valence-electron chi connectivity index (χ2n) is 18.0. The number of benzene rings is 9. The van der Waals surface area contributed by atoms with Crippen LogP contribution in [0.2, 0.25) is 0 Å². The minimum atomic E-state index is 0.967. The number of hydrogen-bond acceptors (Lipinski definition) is 4. The fourth-order valence-electron chi connectivity index (χ4n) is 9.91. The van der Waals surface area contributed by atoms with Crippen molar-refractivity contribution in [2.75, 3.05) is 9.80 Å². The monoisotopic (exact) mass is 911 g/mol. The quantitative estimate of drug-likeness (QED) is 0.130. The van der Waals surface area contributed by atoms with Crippen LogP contribution in [-0.4, -0.2) is 14.5 Å². The third kappa shape index (κ3) is 8.51. The molecule has 3 aromatic heterocycles. The minimum Gasteiger partial charge on any atom is -0.310 e. The number of nitrogens with zero attached hydrogens (tertiary/aromatic N) is 5. The molecule has 0 saturated heterocycles. The number of para-hydroxylation sites is 4. The van der Waals surface area contributed by atoms with Gasteiger partial charge in [0.2, 0.25) is 0 Å². The van der Waals surface area contributed by atoms with E-state index in [-0.39, 0.29) is 0 Å². The molecule has 12 rings (SSSR count). The molecule has 0 aliphatic carbocycles. The lowest BCUT2D eigenvalue weighted by molar-refractivity contribution is 1.18. The van der Waals surface area contributed by atoms with Gasteiger partial charge in [0.25, 0.3) is 0 Å². The Morgan fingerprint density at radius 3 is 0.986 bits per heavy atom. The van der Waals surface area contributed by atoms with Crippen LogP contribution in [0.3, 0.4) is 0 Å². The van der Waals surface area contributed by atoms with Gasteiger partial charge in [-0.15, -0.1) is 0 Å². The van der Waals surface area contributed by atoms with Crippen LogP contribution in [0.15, 0.2) is 261 Å². The van der Waals surface area contributed by atoms with Crippen molar-refractivity contribution < 1.29 is 0 Å². The predicted molar refractivity (Wildman–Crippen MR) is 297 cm³/mol. The van der Waals surface area contributed by atoms with E-state index in [2.05, 4.69) is 263 Å². The van der Waals surface area contributed by atoms with Crippen molar-refractivity contribution in [2.45, 2.75) is 13.8 Å². The first-order chi connectivity index (χ1) is 35.0.